The molecule has 0 spiro atoms. The van der Waals surface area contributed by atoms with E-state index >= 15 is 0 Å². The first-order valence-electron chi connectivity index (χ1n) is 5.88. The second-order valence-electron chi connectivity index (χ2n) is 4.09. The topological polar surface area (TPSA) is 32.3 Å². The summed E-state index contributed by atoms with van der Waals surface area (Å²) in [7, 11) is 1.83. The molecule has 0 saturated carbocycles. The third-order valence-electron chi connectivity index (χ3n) is 2.64. The van der Waals surface area contributed by atoms with Crippen molar-refractivity contribution in [2.45, 2.75) is 6.42 Å². The van der Waals surface area contributed by atoms with Crippen molar-refractivity contribution in [1.29, 1.82) is 0 Å². The number of hydrogen-bond donors (Lipinski definition) is 1. The summed E-state index contributed by atoms with van der Waals surface area (Å²) >= 11 is 0. The van der Waals surface area contributed by atoms with Gasteiger partial charge in [-0.3, -0.25) is 15.2 Å². The number of amides is 1. The van der Waals surface area contributed by atoms with Crippen molar-refractivity contribution in [3.05, 3.63) is 66.2 Å². The molecule has 0 aromatic heterocycles. The molecular weight excluding hydrogens is 224 g/mol. The molecule has 0 saturated heterocycles. The maximum Gasteiger partial charge on any atom is 0.242 e. The van der Waals surface area contributed by atoms with E-state index in [0.717, 1.165) is 11.3 Å². The molecular formula is C15H16N2O. The summed E-state index contributed by atoms with van der Waals surface area (Å²) in [6, 6.07) is 19.4. The van der Waals surface area contributed by atoms with Crippen LogP contribution in [0.15, 0.2) is 60.7 Å². The highest BCUT2D eigenvalue weighted by Gasteiger charge is 2.06. The minimum absolute atomic E-state index is 0.0208. The van der Waals surface area contributed by atoms with Gasteiger partial charge in [-0.05, 0) is 17.7 Å². The lowest BCUT2D eigenvalue weighted by atomic mass is 10.1. The van der Waals surface area contributed by atoms with Gasteiger partial charge in [-0.2, -0.15) is 0 Å². The maximum atomic E-state index is 11.8. The van der Waals surface area contributed by atoms with E-state index in [0.29, 0.717) is 6.42 Å². The minimum Gasteiger partial charge on any atom is -0.289 e. The molecule has 0 heterocycles. The Hall–Kier alpha value is -2.29. The zero-order valence-corrected chi connectivity index (χ0v) is 10.3. The van der Waals surface area contributed by atoms with Crippen LogP contribution < -0.4 is 10.4 Å². The average Bonchev–Trinajstić information content (AvgIpc) is 2.40. The Labute approximate surface area is 107 Å². The molecule has 92 valence electrons. The summed E-state index contributed by atoms with van der Waals surface area (Å²) < 4.78 is 0. The average molecular weight is 240 g/mol. The Morgan fingerprint density at radius 2 is 1.56 bits per heavy atom. The zero-order chi connectivity index (χ0) is 12.8. The number of para-hydroxylation sites is 1. The van der Waals surface area contributed by atoms with Crippen molar-refractivity contribution in [2.24, 2.45) is 0 Å². The fourth-order valence-corrected chi connectivity index (χ4v) is 1.72. The molecule has 1 amide bonds. The highest BCUT2D eigenvalue weighted by molar-refractivity contribution is 5.80. The molecule has 18 heavy (non-hydrogen) atoms. The summed E-state index contributed by atoms with van der Waals surface area (Å²) in [5, 5.41) is 1.73. The van der Waals surface area contributed by atoms with Crippen LogP contribution in [0.5, 0.6) is 0 Å². The van der Waals surface area contributed by atoms with E-state index in [1.165, 1.54) is 0 Å². The van der Waals surface area contributed by atoms with E-state index in [9.17, 15) is 4.79 Å². The number of anilines is 1. The number of carbonyl (C=O) groups is 1. The van der Waals surface area contributed by atoms with Crippen molar-refractivity contribution in [3.8, 4) is 0 Å². The zero-order valence-electron chi connectivity index (χ0n) is 10.3. The summed E-state index contributed by atoms with van der Waals surface area (Å²) in [4.78, 5) is 11.8. The second-order valence-corrected chi connectivity index (χ2v) is 4.09. The Balaban J connectivity index is 1.92. The molecule has 0 radical (unpaired) electrons. The standard InChI is InChI=1S/C15H16N2O/c1-17(14-10-6-3-7-11-14)16-15(18)12-13-8-4-2-5-9-13/h2-11H,12H2,1H3,(H,16,18). The van der Waals surface area contributed by atoms with Crippen LogP contribution in [0.2, 0.25) is 0 Å². The summed E-state index contributed by atoms with van der Waals surface area (Å²) in [5.41, 5.74) is 4.81. The molecule has 1 N–H and O–H groups in total. The van der Waals surface area contributed by atoms with Crippen molar-refractivity contribution >= 4 is 11.6 Å². The lowest BCUT2D eigenvalue weighted by Crippen LogP contribution is -2.40. The van der Waals surface area contributed by atoms with Crippen LogP contribution in [0.3, 0.4) is 0 Å². The van der Waals surface area contributed by atoms with Gasteiger partial charge in [0.05, 0.1) is 12.1 Å². The van der Waals surface area contributed by atoms with Gasteiger partial charge < -0.3 is 0 Å². The quantitative estimate of drug-likeness (QED) is 0.832. The predicted octanol–water partition coefficient (Wildman–Crippen LogP) is 2.40. The van der Waals surface area contributed by atoms with Gasteiger partial charge in [0.2, 0.25) is 5.91 Å². The van der Waals surface area contributed by atoms with E-state index in [1.807, 2.05) is 67.7 Å². The first kappa shape index (κ1) is 12.2. The van der Waals surface area contributed by atoms with Crippen LogP contribution in [0.1, 0.15) is 5.56 Å². The predicted molar refractivity (Wildman–Crippen MR) is 73.1 cm³/mol. The van der Waals surface area contributed by atoms with Crippen LogP contribution in [0, 0.1) is 0 Å². The van der Waals surface area contributed by atoms with Crippen LogP contribution in [0.4, 0.5) is 5.69 Å². The number of carbonyl (C=O) groups excluding carboxylic acids is 1. The van der Waals surface area contributed by atoms with E-state index in [-0.39, 0.29) is 5.91 Å². The summed E-state index contributed by atoms with van der Waals surface area (Å²) in [6.45, 7) is 0. The van der Waals surface area contributed by atoms with E-state index in [4.69, 9.17) is 0 Å². The molecule has 0 bridgehead atoms. The first-order chi connectivity index (χ1) is 8.75. The monoisotopic (exact) mass is 240 g/mol. The molecule has 0 aliphatic carbocycles. The molecule has 2 rings (SSSR count). The number of nitrogens with zero attached hydrogens (tertiary/aromatic N) is 1. The van der Waals surface area contributed by atoms with Gasteiger partial charge in [-0.1, -0.05) is 48.5 Å². The van der Waals surface area contributed by atoms with E-state index in [2.05, 4.69) is 5.43 Å². The molecule has 3 nitrogen and oxygen atoms in total. The fourth-order valence-electron chi connectivity index (χ4n) is 1.72. The van der Waals surface area contributed by atoms with Crippen molar-refractivity contribution < 1.29 is 4.79 Å². The highest BCUT2D eigenvalue weighted by Crippen LogP contribution is 2.08. The maximum absolute atomic E-state index is 11.8. The van der Waals surface area contributed by atoms with Crippen molar-refractivity contribution in [2.75, 3.05) is 12.1 Å². The van der Waals surface area contributed by atoms with Gasteiger partial charge in [0.25, 0.3) is 0 Å². The smallest absolute Gasteiger partial charge is 0.242 e. The van der Waals surface area contributed by atoms with Gasteiger partial charge in [0, 0.05) is 7.05 Å². The van der Waals surface area contributed by atoms with Gasteiger partial charge in [0.15, 0.2) is 0 Å². The van der Waals surface area contributed by atoms with E-state index in [1.54, 1.807) is 5.01 Å². The van der Waals surface area contributed by atoms with Crippen molar-refractivity contribution in [3.63, 3.8) is 0 Å². The first-order valence-corrected chi connectivity index (χ1v) is 5.88. The van der Waals surface area contributed by atoms with Gasteiger partial charge in [-0.25, -0.2) is 0 Å². The number of rotatable bonds is 4. The normalized spacial score (nSPS) is 9.83. The molecule has 0 atom stereocenters. The van der Waals surface area contributed by atoms with Gasteiger partial charge in [-0.15, -0.1) is 0 Å². The van der Waals surface area contributed by atoms with Gasteiger partial charge in [0.1, 0.15) is 0 Å². The molecule has 0 aliphatic heterocycles. The second kappa shape index (κ2) is 5.87. The van der Waals surface area contributed by atoms with Crippen molar-refractivity contribution in [1.82, 2.24) is 5.43 Å². The Kier molecular flexibility index (Phi) is 3.97. The van der Waals surface area contributed by atoms with E-state index < -0.39 is 0 Å². The van der Waals surface area contributed by atoms with Gasteiger partial charge >= 0.3 is 0 Å². The Morgan fingerprint density at radius 1 is 1.00 bits per heavy atom. The van der Waals surface area contributed by atoms with Crippen LogP contribution in [0.25, 0.3) is 0 Å². The molecule has 0 aliphatic rings. The lowest BCUT2D eigenvalue weighted by molar-refractivity contribution is -0.120. The molecule has 3 heteroatoms. The number of hydrogen-bond acceptors (Lipinski definition) is 2. The number of benzene rings is 2. The highest BCUT2D eigenvalue weighted by atomic mass is 16.2. The third-order valence-corrected chi connectivity index (χ3v) is 2.64. The lowest BCUT2D eigenvalue weighted by Gasteiger charge is -2.20. The Morgan fingerprint density at radius 3 is 2.17 bits per heavy atom. The largest absolute Gasteiger partial charge is 0.289 e. The number of nitrogens with one attached hydrogen (secondary N) is 1. The minimum atomic E-state index is -0.0208. The molecule has 0 fully saturated rings. The fraction of sp³-hybridized carbons (Fsp3) is 0.133. The third kappa shape index (κ3) is 3.35. The van der Waals surface area contributed by atoms with Crippen LogP contribution >= 0.6 is 0 Å². The molecule has 0 unspecified atom stereocenters. The van der Waals surface area contributed by atoms with Crippen LogP contribution in [-0.4, -0.2) is 13.0 Å². The molecule has 2 aromatic carbocycles. The summed E-state index contributed by atoms with van der Waals surface area (Å²) in [5.74, 6) is -0.0208. The Bertz CT molecular complexity index is 496. The summed E-state index contributed by atoms with van der Waals surface area (Å²) in [6.07, 6.45) is 0.387. The SMILES string of the molecule is CN(NC(=O)Cc1ccccc1)c1ccccc1. The number of hydrazine groups is 1. The van der Waals surface area contributed by atoms with Crippen LogP contribution in [-0.2, 0) is 11.2 Å². The molecule has 2 aromatic rings.